The minimum absolute atomic E-state index is 0.127. The van der Waals surface area contributed by atoms with Crippen molar-refractivity contribution in [3.8, 4) is 0 Å². The van der Waals surface area contributed by atoms with Gasteiger partial charge in [-0.25, -0.2) is 0 Å². The highest BCUT2D eigenvalue weighted by Crippen LogP contribution is 2.18. The molecule has 2 nitrogen and oxygen atoms in total. The van der Waals surface area contributed by atoms with Gasteiger partial charge in [-0.05, 0) is 44.5 Å². The van der Waals surface area contributed by atoms with Crippen LogP contribution in [0.2, 0.25) is 0 Å². The van der Waals surface area contributed by atoms with E-state index in [1.807, 2.05) is 0 Å². The van der Waals surface area contributed by atoms with Crippen LogP contribution in [0, 0.1) is 13.8 Å². The number of rotatable bonds is 7. The van der Waals surface area contributed by atoms with Crippen LogP contribution in [0.25, 0.3) is 0 Å². The molecule has 1 unspecified atom stereocenters. The summed E-state index contributed by atoms with van der Waals surface area (Å²) in [7, 11) is 0. The second-order valence-corrected chi connectivity index (χ2v) is 5.21. The molecule has 1 atom stereocenters. The number of hydrogen-bond acceptors (Lipinski definition) is 2. The molecule has 0 fully saturated rings. The van der Waals surface area contributed by atoms with Crippen LogP contribution in [-0.2, 0) is 0 Å². The molecule has 0 radical (unpaired) electrons. The van der Waals surface area contributed by atoms with Gasteiger partial charge < -0.3 is 10.6 Å². The maximum absolute atomic E-state index is 6.35. The summed E-state index contributed by atoms with van der Waals surface area (Å²) in [6, 6.07) is 6.69. The maximum Gasteiger partial charge on any atom is 0.0426 e. The van der Waals surface area contributed by atoms with Crippen molar-refractivity contribution in [3.63, 3.8) is 0 Å². The van der Waals surface area contributed by atoms with E-state index in [4.69, 9.17) is 5.73 Å². The molecular formula is C16H28N2. The molecule has 0 bridgehead atoms. The second-order valence-electron chi connectivity index (χ2n) is 5.21. The van der Waals surface area contributed by atoms with Gasteiger partial charge in [0.25, 0.3) is 0 Å². The molecular weight excluding hydrogens is 220 g/mol. The van der Waals surface area contributed by atoms with Crippen LogP contribution in [0.1, 0.15) is 49.4 Å². The van der Waals surface area contributed by atoms with Crippen molar-refractivity contribution in [2.75, 3.05) is 19.6 Å². The van der Waals surface area contributed by atoms with Crippen molar-refractivity contribution in [2.45, 2.75) is 46.6 Å². The number of aryl methyl sites for hydroxylation is 2. The largest absolute Gasteiger partial charge is 0.323 e. The van der Waals surface area contributed by atoms with Gasteiger partial charge in [0.15, 0.2) is 0 Å². The van der Waals surface area contributed by atoms with Gasteiger partial charge in [0, 0.05) is 12.6 Å². The fourth-order valence-electron chi connectivity index (χ4n) is 2.38. The van der Waals surface area contributed by atoms with Gasteiger partial charge in [-0.2, -0.15) is 0 Å². The van der Waals surface area contributed by atoms with E-state index < -0.39 is 0 Å². The molecule has 1 aromatic rings. The lowest BCUT2D eigenvalue weighted by molar-refractivity contribution is 0.266. The second kappa shape index (κ2) is 7.55. The third kappa shape index (κ3) is 4.43. The van der Waals surface area contributed by atoms with E-state index in [0.29, 0.717) is 0 Å². The summed E-state index contributed by atoms with van der Waals surface area (Å²) >= 11 is 0. The standard InChI is InChI=1S/C16H28N2/c1-5-7-10-18(6-2)12-16(17)15-9-8-13(3)11-14(15)4/h8-9,11,16H,5-7,10,12,17H2,1-4H3. The van der Waals surface area contributed by atoms with Gasteiger partial charge in [-0.3, -0.25) is 0 Å². The smallest absolute Gasteiger partial charge is 0.0426 e. The van der Waals surface area contributed by atoms with E-state index in [9.17, 15) is 0 Å². The van der Waals surface area contributed by atoms with Crippen LogP contribution in [0.5, 0.6) is 0 Å². The zero-order valence-electron chi connectivity index (χ0n) is 12.4. The van der Waals surface area contributed by atoms with Crippen LogP contribution in [0.4, 0.5) is 0 Å². The molecule has 0 heterocycles. The molecule has 1 aromatic carbocycles. The lowest BCUT2D eigenvalue weighted by Gasteiger charge is -2.25. The summed E-state index contributed by atoms with van der Waals surface area (Å²) in [4.78, 5) is 2.45. The highest BCUT2D eigenvalue weighted by Gasteiger charge is 2.12. The molecule has 0 aliphatic rings. The lowest BCUT2D eigenvalue weighted by atomic mass is 9.99. The predicted octanol–water partition coefficient (Wildman–Crippen LogP) is 3.43. The molecule has 0 saturated heterocycles. The Morgan fingerprint density at radius 1 is 1.22 bits per heavy atom. The van der Waals surface area contributed by atoms with Crippen molar-refractivity contribution in [2.24, 2.45) is 5.73 Å². The summed E-state index contributed by atoms with van der Waals surface area (Å²) < 4.78 is 0. The normalized spacial score (nSPS) is 13.0. The van der Waals surface area contributed by atoms with Crippen molar-refractivity contribution >= 4 is 0 Å². The van der Waals surface area contributed by atoms with Crippen LogP contribution in [-0.4, -0.2) is 24.5 Å². The summed E-state index contributed by atoms with van der Waals surface area (Å²) in [6.07, 6.45) is 2.50. The summed E-state index contributed by atoms with van der Waals surface area (Å²) in [5, 5.41) is 0. The van der Waals surface area contributed by atoms with E-state index >= 15 is 0 Å². The molecule has 0 amide bonds. The first-order valence-corrected chi connectivity index (χ1v) is 7.13. The number of benzene rings is 1. The van der Waals surface area contributed by atoms with Crippen LogP contribution >= 0.6 is 0 Å². The zero-order chi connectivity index (χ0) is 13.5. The van der Waals surface area contributed by atoms with E-state index in [1.54, 1.807) is 0 Å². The Bertz CT molecular complexity index is 360. The van der Waals surface area contributed by atoms with E-state index in [1.165, 1.54) is 29.5 Å². The van der Waals surface area contributed by atoms with Crippen LogP contribution in [0.15, 0.2) is 18.2 Å². The Morgan fingerprint density at radius 3 is 2.50 bits per heavy atom. The molecule has 0 aliphatic heterocycles. The zero-order valence-corrected chi connectivity index (χ0v) is 12.4. The summed E-state index contributed by atoms with van der Waals surface area (Å²) in [5.41, 5.74) is 10.3. The van der Waals surface area contributed by atoms with Gasteiger partial charge in [0.1, 0.15) is 0 Å². The minimum atomic E-state index is 0.127. The first-order valence-electron chi connectivity index (χ1n) is 7.13. The number of likely N-dealkylation sites (N-methyl/N-ethyl adjacent to an activating group) is 1. The van der Waals surface area contributed by atoms with E-state index in [2.05, 4.69) is 50.8 Å². The Hall–Kier alpha value is -0.860. The van der Waals surface area contributed by atoms with Crippen LogP contribution in [0.3, 0.4) is 0 Å². The quantitative estimate of drug-likeness (QED) is 0.801. The fourth-order valence-corrected chi connectivity index (χ4v) is 2.38. The third-order valence-electron chi connectivity index (χ3n) is 3.55. The van der Waals surface area contributed by atoms with E-state index in [-0.39, 0.29) is 6.04 Å². The average molecular weight is 248 g/mol. The number of unbranched alkanes of at least 4 members (excludes halogenated alkanes) is 1. The molecule has 18 heavy (non-hydrogen) atoms. The van der Waals surface area contributed by atoms with Crippen molar-refractivity contribution in [1.82, 2.24) is 4.90 Å². The molecule has 2 heteroatoms. The van der Waals surface area contributed by atoms with Gasteiger partial charge in [0.2, 0.25) is 0 Å². The van der Waals surface area contributed by atoms with Gasteiger partial charge in [-0.15, -0.1) is 0 Å². The first kappa shape index (κ1) is 15.2. The minimum Gasteiger partial charge on any atom is -0.323 e. The van der Waals surface area contributed by atoms with Gasteiger partial charge in [0.05, 0.1) is 0 Å². The maximum atomic E-state index is 6.35. The van der Waals surface area contributed by atoms with Crippen molar-refractivity contribution < 1.29 is 0 Å². The lowest BCUT2D eigenvalue weighted by Crippen LogP contribution is -2.33. The Morgan fingerprint density at radius 2 is 1.94 bits per heavy atom. The third-order valence-corrected chi connectivity index (χ3v) is 3.55. The Kier molecular flexibility index (Phi) is 6.37. The van der Waals surface area contributed by atoms with Gasteiger partial charge in [-0.1, -0.05) is 44.0 Å². The molecule has 1 rings (SSSR count). The molecule has 0 aliphatic carbocycles. The highest BCUT2D eigenvalue weighted by atomic mass is 15.1. The van der Waals surface area contributed by atoms with Crippen molar-refractivity contribution in [3.05, 3.63) is 34.9 Å². The number of nitrogens with zero attached hydrogens (tertiary/aromatic N) is 1. The summed E-state index contributed by atoms with van der Waals surface area (Å²) in [5.74, 6) is 0. The molecule has 0 saturated carbocycles. The monoisotopic (exact) mass is 248 g/mol. The molecule has 0 spiro atoms. The number of hydrogen-bond donors (Lipinski definition) is 1. The Labute approximate surface area is 112 Å². The average Bonchev–Trinajstić information content (AvgIpc) is 2.34. The first-order chi connectivity index (χ1) is 8.58. The predicted molar refractivity (Wildman–Crippen MR) is 79.9 cm³/mol. The number of nitrogens with two attached hydrogens (primary N) is 1. The molecule has 0 aromatic heterocycles. The topological polar surface area (TPSA) is 29.3 Å². The SMILES string of the molecule is CCCCN(CC)CC(N)c1ccc(C)cc1C. The molecule has 2 N–H and O–H groups in total. The molecule has 102 valence electrons. The van der Waals surface area contributed by atoms with Gasteiger partial charge >= 0.3 is 0 Å². The fraction of sp³-hybridized carbons (Fsp3) is 0.625. The van der Waals surface area contributed by atoms with E-state index in [0.717, 1.165) is 19.6 Å². The highest BCUT2D eigenvalue weighted by molar-refractivity contribution is 5.32. The Balaban J connectivity index is 2.65. The van der Waals surface area contributed by atoms with Crippen LogP contribution < -0.4 is 5.73 Å². The summed E-state index contributed by atoms with van der Waals surface area (Å²) in [6.45, 7) is 11.9. The van der Waals surface area contributed by atoms with Crippen molar-refractivity contribution in [1.29, 1.82) is 0 Å².